The minimum atomic E-state index is 0. The molecule has 0 amide bonds. The van der Waals surface area contributed by atoms with Gasteiger partial charge < -0.3 is 5.32 Å². The van der Waals surface area contributed by atoms with Crippen molar-refractivity contribution in [1.29, 1.82) is 0 Å². The van der Waals surface area contributed by atoms with Gasteiger partial charge in [-0.15, -0.1) is 23.7 Å². The lowest BCUT2D eigenvalue weighted by Gasteiger charge is -2.29. The second kappa shape index (κ2) is 7.80. The maximum atomic E-state index is 4.61. The fourth-order valence-corrected chi connectivity index (χ4v) is 6.17. The topological polar surface area (TPSA) is 28.2 Å². The minimum absolute atomic E-state index is 0. The van der Waals surface area contributed by atoms with Crippen molar-refractivity contribution in [3.8, 4) is 0 Å². The Kier molecular flexibility index (Phi) is 5.59. The maximum absolute atomic E-state index is 4.61. The molecule has 1 spiro atoms. The van der Waals surface area contributed by atoms with Gasteiger partial charge in [-0.1, -0.05) is 6.07 Å². The van der Waals surface area contributed by atoms with Crippen LogP contribution in [0.2, 0.25) is 0 Å². The van der Waals surface area contributed by atoms with Gasteiger partial charge in [0.05, 0.1) is 15.2 Å². The molecular formula is C21H26ClN3S2. The zero-order chi connectivity index (χ0) is 17.6. The van der Waals surface area contributed by atoms with Crippen LogP contribution in [0.5, 0.6) is 0 Å². The van der Waals surface area contributed by atoms with Crippen molar-refractivity contribution >= 4 is 45.3 Å². The molecule has 5 rings (SSSR count). The Morgan fingerprint density at radius 3 is 2.78 bits per heavy atom. The molecule has 2 fully saturated rings. The van der Waals surface area contributed by atoms with Crippen LogP contribution >= 0.6 is 35.1 Å². The summed E-state index contributed by atoms with van der Waals surface area (Å²) in [6.07, 6.45) is 4.05. The Morgan fingerprint density at radius 1 is 1.19 bits per heavy atom. The van der Waals surface area contributed by atoms with E-state index >= 15 is 0 Å². The summed E-state index contributed by atoms with van der Waals surface area (Å²) >= 11 is 3.62. The van der Waals surface area contributed by atoms with Gasteiger partial charge in [-0.05, 0) is 84.8 Å². The molecular weight excluding hydrogens is 394 g/mol. The van der Waals surface area contributed by atoms with Gasteiger partial charge in [-0.2, -0.15) is 11.3 Å². The average molecular weight is 420 g/mol. The number of benzene rings is 1. The third-order valence-corrected chi connectivity index (χ3v) is 7.76. The van der Waals surface area contributed by atoms with Crippen LogP contribution in [0.1, 0.15) is 35.4 Å². The van der Waals surface area contributed by atoms with Gasteiger partial charge in [0.1, 0.15) is 0 Å². The first-order chi connectivity index (χ1) is 12.7. The Hall–Kier alpha value is -0.980. The van der Waals surface area contributed by atoms with Crippen LogP contribution in [-0.2, 0) is 13.1 Å². The summed E-state index contributed by atoms with van der Waals surface area (Å²) in [6.45, 7) is 6.59. The predicted molar refractivity (Wildman–Crippen MR) is 118 cm³/mol. The fraction of sp³-hybridized carbons (Fsp3) is 0.476. The number of thiazole rings is 1. The zero-order valence-corrected chi connectivity index (χ0v) is 18.1. The third-order valence-electron chi connectivity index (χ3n) is 6.10. The molecule has 3 nitrogen and oxygen atoms in total. The molecule has 144 valence electrons. The number of aryl methyl sites for hydroxylation is 1. The first kappa shape index (κ1) is 19.3. The molecule has 6 heteroatoms. The van der Waals surface area contributed by atoms with Crippen molar-refractivity contribution < 1.29 is 0 Å². The van der Waals surface area contributed by atoms with Crippen LogP contribution in [-0.4, -0.2) is 29.0 Å². The quantitative estimate of drug-likeness (QED) is 0.613. The number of aromatic nitrogens is 1. The number of piperidine rings is 1. The summed E-state index contributed by atoms with van der Waals surface area (Å²) in [7, 11) is 0. The van der Waals surface area contributed by atoms with Gasteiger partial charge in [0, 0.05) is 19.1 Å². The van der Waals surface area contributed by atoms with Crippen molar-refractivity contribution in [2.45, 2.75) is 45.3 Å². The van der Waals surface area contributed by atoms with E-state index in [1.807, 2.05) is 22.7 Å². The molecule has 1 unspecified atom stereocenters. The van der Waals surface area contributed by atoms with Gasteiger partial charge in [-0.3, -0.25) is 4.90 Å². The lowest BCUT2D eigenvalue weighted by atomic mass is 9.93. The van der Waals surface area contributed by atoms with E-state index in [1.165, 1.54) is 48.2 Å². The van der Waals surface area contributed by atoms with Crippen LogP contribution in [0, 0.1) is 12.3 Å². The molecule has 3 aromatic rings. The van der Waals surface area contributed by atoms with Crippen LogP contribution < -0.4 is 5.32 Å². The van der Waals surface area contributed by atoms with E-state index in [4.69, 9.17) is 0 Å². The van der Waals surface area contributed by atoms with Crippen LogP contribution in [0.4, 0.5) is 0 Å². The number of nitrogens with one attached hydrogen (secondary N) is 1. The molecule has 1 aliphatic heterocycles. The van der Waals surface area contributed by atoms with Crippen molar-refractivity contribution in [2.75, 3.05) is 13.1 Å². The van der Waals surface area contributed by atoms with E-state index in [2.05, 4.69) is 57.2 Å². The van der Waals surface area contributed by atoms with Crippen LogP contribution in [0.25, 0.3) is 10.2 Å². The van der Waals surface area contributed by atoms with E-state index in [-0.39, 0.29) is 12.4 Å². The molecule has 2 aliphatic rings. The van der Waals surface area contributed by atoms with Crippen molar-refractivity contribution in [3.05, 3.63) is 51.2 Å². The second-order valence-corrected chi connectivity index (χ2v) is 9.92. The number of halogens is 1. The fourth-order valence-electron chi connectivity index (χ4n) is 4.62. The van der Waals surface area contributed by atoms with Gasteiger partial charge in [-0.25, -0.2) is 4.98 Å². The number of nitrogens with zero attached hydrogens (tertiary/aromatic N) is 2. The molecule has 1 aliphatic carbocycles. The van der Waals surface area contributed by atoms with Crippen LogP contribution in [0.3, 0.4) is 0 Å². The Labute approximate surface area is 175 Å². The smallest absolute Gasteiger partial charge is 0.0907 e. The highest BCUT2D eigenvalue weighted by Gasteiger charge is 2.56. The molecule has 3 heterocycles. The molecule has 0 radical (unpaired) electrons. The summed E-state index contributed by atoms with van der Waals surface area (Å²) in [4.78, 5) is 7.35. The lowest BCUT2D eigenvalue weighted by molar-refractivity contribution is 0.188. The van der Waals surface area contributed by atoms with E-state index in [1.54, 1.807) is 0 Å². The summed E-state index contributed by atoms with van der Waals surface area (Å²) in [6, 6.07) is 9.86. The summed E-state index contributed by atoms with van der Waals surface area (Å²) < 4.78 is 1.32. The highest BCUT2D eigenvalue weighted by atomic mass is 35.5. The third kappa shape index (κ3) is 3.94. The molecule has 1 N–H and O–H groups in total. The molecule has 27 heavy (non-hydrogen) atoms. The molecule has 1 saturated carbocycles. The largest absolute Gasteiger partial charge is 0.317 e. The average Bonchev–Trinajstić information content (AvgIpc) is 3.00. The number of hydrogen-bond donors (Lipinski definition) is 1. The van der Waals surface area contributed by atoms with Crippen LogP contribution in [0.15, 0.2) is 35.0 Å². The van der Waals surface area contributed by atoms with Gasteiger partial charge >= 0.3 is 0 Å². The molecule has 0 bridgehead atoms. The van der Waals surface area contributed by atoms with Gasteiger partial charge in [0.15, 0.2) is 0 Å². The second-order valence-electron chi connectivity index (χ2n) is 7.90. The first-order valence-electron chi connectivity index (χ1n) is 9.54. The molecule has 1 aromatic carbocycles. The molecule has 1 atom stereocenters. The van der Waals surface area contributed by atoms with Crippen molar-refractivity contribution in [2.24, 2.45) is 5.41 Å². The first-order valence-corrected chi connectivity index (χ1v) is 11.3. The Morgan fingerprint density at radius 2 is 2.00 bits per heavy atom. The van der Waals surface area contributed by atoms with Gasteiger partial charge in [0.25, 0.3) is 0 Å². The monoisotopic (exact) mass is 419 g/mol. The predicted octanol–water partition coefficient (Wildman–Crippen LogP) is 5.23. The Balaban J connectivity index is 0.00000180. The van der Waals surface area contributed by atoms with E-state index < -0.39 is 0 Å². The standard InChI is InChI=1S/C21H25N3S2.ClH/c1-15-23-18-3-2-16(10-19(18)26-15)12-24(13-17-4-9-25-14-17)20-11-21(20)5-7-22-8-6-21;/h2-4,9-10,14,20,22H,5-8,11-13H2,1H3;1H. The SMILES string of the molecule is Cc1nc2ccc(CN(Cc3ccsc3)C3CC34CCNCC4)cc2s1.Cl. The lowest BCUT2D eigenvalue weighted by Crippen LogP contribution is -2.35. The highest BCUT2D eigenvalue weighted by Crippen LogP contribution is 2.56. The van der Waals surface area contributed by atoms with E-state index in [9.17, 15) is 0 Å². The van der Waals surface area contributed by atoms with Gasteiger partial charge in [0.2, 0.25) is 0 Å². The summed E-state index contributed by atoms with van der Waals surface area (Å²) in [5.41, 5.74) is 4.60. The summed E-state index contributed by atoms with van der Waals surface area (Å²) in [5.74, 6) is 0. The van der Waals surface area contributed by atoms with Crippen molar-refractivity contribution in [3.63, 3.8) is 0 Å². The van der Waals surface area contributed by atoms with E-state index in [0.717, 1.165) is 29.7 Å². The number of thiophene rings is 1. The minimum Gasteiger partial charge on any atom is -0.317 e. The Bertz CT molecular complexity index is 899. The van der Waals surface area contributed by atoms with E-state index in [0.29, 0.717) is 5.41 Å². The summed E-state index contributed by atoms with van der Waals surface area (Å²) in [5, 5.41) is 9.20. The normalized spacial score (nSPS) is 20.9. The highest BCUT2D eigenvalue weighted by molar-refractivity contribution is 7.18. The zero-order valence-electron chi connectivity index (χ0n) is 15.6. The molecule has 2 aromatic heterocycles. The van der Waals surface area contributed by atoms with Crippen molar-refractivity contribution in [1.82, 2.24) is 15.2 Å². The molecule has 1 saturated heterocycles. The number of rotatable bonds is 5. The number of hydrogen-bond acceptors (Lipinski definition) is 5. The maximum Gasteiger partial charge on any atom is 0.0907 e. The number of fused-ring (bicyclic) bond motifs is 1.